The van der Waals surface area contributed by atoms with Gasteiger partial charge in [0.15, 0.2) is 5.03 Å². The van der Waals surface area contributed by atoms with Crippen molar-refractivity contribution in [2.24, 2.45) is 5.92 Å². The quantitative estimate of drug-likeness (QED) is 0.802. The van der Waals surface area contributed by atoms with Gasteiger partial charge in [-0.2, -0.15) is 0 Å². The van der Waals surface area contributed by atoms with Crippen LogP contribution in [0.2, 0.25) is 0 Å². The second-order valence-electron chi connectivity index (χ2n) is 5.01. The molecule has 1 fully saturated rings. The van der Waals surface area contributed by atoms with E-state index in [2.05, 4.69) is 15.0 Å². The molecule has 0 aliphatic heterocycles. The van der Waals surface area contributed by atoms with Gasteiger partial charge in [0.05, 0.1) is 5.69 Å². The molecule has 1 saturated carbocycles. The SMILES string of the molecule is CCC(CC1CC1)NS(=O)(=O)c1ncccc1NC. The van der Waals surface area contributed by atoms with Gasteiger partial charge in [-0.1, -0.05) is 19.8 Å². The van der Waals surface area contributed by atoms with E-state index < -0.39 is 10.0 Å². The maximum atomic E-state index is 12.4. The Bertz CT molecular complexity index is 526. The average Bonchev–Trinajstić information content (AvgIpc) is 3.21. The molecule has 1 aliphatic rings. The van der Waals surface area contributed by atoms with Gasteiger partial charge in [0.2, 0.25) is 0 Å². The highest BCUT2D eigenvalue weighted by Gasteiger charge is 2.28. The zero-order valence-electron chi connectivity index (χ0n) is 11.4. The van der Waals surface area contributed by atoms with Crippen LogP contribution < -0.4 is 10.0 Å². The fourth-order valence-electron chi connectivity index (χ4n) is 2.12. The van der Waals surface area contributed by atoms with Crippen molar-refractivity contribution in [1.29, 1.82) is 0 Å². The van der Waals surface area contributed by atoms with E-state index in [1.807, 2.05) is 6.92 Å². The molecule has 0 spiro atoms. The van der Waals surface area contributed by atoms with Crippen molar-refractivity contribution < 1.29 is 8.42 Å². The van der Waals surface area contributed by atoms with Crippen LogP contribution in [0.5, 0.6) is 0 Å². The van der Waals surface area contributed by atoms with Gasteiger partial charge in [-0.25, -0.2) is 18.1 Å². The van der Waals surface area contributed by atoms with Gasteiger partial charge >= 0.3 is 0 Å². The highest BCUT2D eigenvalue weighted by molar-refractivity contribution is 7.89. The summed E-state index contributed by atoms with van der Waals surface area (Å²) in [5.41, 5.74) is 0.524. The fourth-order valence-corrected chi connectivity index (χ4v) is 3.60. The topological polar surface area (TPSA) is 71.1 Å². The minimum atomic E-state index is -3.56. The molecule has 0 aromatic carbocycles. The van der Waals surface area contributed by atoms with Crippen molar-refractivity contribution in [3.05, 3.63) is 18.3 Å². The molecule has 1 aliphatic carbocycles. The van der Waals surface area contributed by atoms with Crippen molar-refractivity contribution in [3.8, 4) is 0 Å². The first-order valence-electron chi connectivity index (χ1n) is 6.72. The molecular formula is C13H21N3O2S. The van der Waals surface area contributed by atoms with Crippen LogP contribution in [0.15, 0.2) is 23.4 Å². The van der Waals surface area contributed by atoms with Crippen molar-refractivity contribution in [3.63, 3.8) is 0 Å². The molecule has 1 atom stereocenters. The minimum Gasteiger partial charge on any atom is -0.386 e. The van der Waals surface area contributed by atoms with E-state index in [4.69, 9.17) is 0 Å². The summed E-state index contributed by atoms with van der Waals surface area (Å²) in [6.45, 7) is 2.01. The van der Waals surface area contributed by atoms with Gasteiger partial charge in [-0.05, 0) is 30.9 Å². The summed E-state index contributed by atoms with van der Waals surface area (Å²) < 4.78 is 27.5. The first-order valence-corrected chi connectivity index (χ1v) is 8.20. The van der Waals surface area contributed by atoms with Gasteiger partial charge in [-0.3, -0.25) is 0 Å². The number of rotatable bonds is 7. The molecule has 19 heavy (non-hydrogen) atoms. The molecule has 0 radical (unpaired) electrons. The molecule has 2 rings (SSSR count). The molecule has 1 unspecified atom stereocenters. The van der Waals surface area contributed by atoms with Crippen LogP contribution in [0.3, 0.4) is 0 Å². The highest BCUT2D eigenvalue weighted by Crippen LogP contribution is 2.34. The van der Waals surface area contributed by atoms with Gasteiger partial charge < -0.3 is 5.32 Å². The van der Waals surface area contributed by atoms with E-state index in [9.17, 15) is 8.42 Å². The second kappa shape index (κ2) is 5.88. The number of hydrogen-bond acceptors (Lipinski definition) is 4. The van der Waals surface area contributed by atoms with E-state index in [1.165, 1.54) is 19.0 Å². The Morgan fingerprint density at radius 2 is 2.21 bits per heavy atom. The van der Waals surface area contributed by atoms with Crippen LogP contribution in [0, 0.1) is 5.92 Å². The van der Waals surface area contributed by atoms with Crippen LogP contribution >= 0.6 is 0 Å². The average molecular weight is 283 g/mol. The summed E-state index contributed by atoms with van der Waals surface area (Å²) in [4.78, 5) is 3.99. The van der Waals surface area contributed by atoms with Crippen molar-refractivity contribution in [2.75, 3.05) is 12.4 Å². The lowest BCUT2D eigenvalue weighted by molar-refractivity contribution is 0.494. The van der Waals surface area contributed by atoms with Crippen LogP contribution in [0.1, 0.15) is 32.6 Å². The Hall–Kier alpha value is -1.14. The number of nitrogens with zero attached hydrogens (tertiary/aromatic N) is 1. The zero-order chi connectivity index (χ0) is 13.9. The Kier molecular flexibility index (Phi) is 4.42. The predicted octanol–water partition coefficient (Wildman–Crippen LogP) is 1.98. The van der Waals surface area contributed by atoms with Gasteiger partial charge in [0, 0.05) is 19.3 Å². The number of anilines is 1. The summed E-state index contributed by atoms with van der Waals surface area (Å²) in [5, 5.41) is 2.94. The molecule has 5 nitrogen and oxygen atoms in total. The lowest BCUT2D eigenvalue weighted by Gasteiger charge is -2.17. The molecular weight excluding hydrogens is 262 g/mol. The Balaban J connectivity index is 2.15. The minimum absolute atomic E-state index is 0.00390. The van der Waals surface area contributed by atoms with Gasteiger partial charge in [-0.15, -0.1) is 0 Å². The molecule has 0 amide bonds. The van der Waals surface area contributed by atoms with E-state index in [1.54, 1.807) is 19.2 Å². The number of aromatic nitrogens is 1. The van der Waals surface area contributed by atoms with Crippen molar-refractivity contribution in [2.45, 2.75) is 43.7 Å². The van der Waals surface area contributed by atoms with E-state index in [-0.39, 0.29) is 11.1 Å². The Morgan fingerprint density at radius 3 is 2.79 bits per heavy atom. The Labute approximate surface area is 114 Å². The van der Waals surface area contributed by atoms with Crippen molar-refractivity contribution in [1.82, 2.24) is 9.71 Å². The lowest BCUT2D eigenvalue weighted by atomic mass is 10.1. The van der Waals surface area contributed by atoms with E-state index in [0.717, 1.165) is 12.8 Å². The van der Waals surface area contributed by atoms with E-state index >= 15 is 0 Å². The van der Waals surface area contributed by atoms with Crippen LogP contribution in [0.4, 0.5) is 5.69 Å². The maximum absolute atomic E-state index is 12.4. The maximum Gasteiger partial charge on any atom is 0.260 e. The standard InChI is InChI=1S/C13H21N3O2S/c1-3-11(9-10-6-7-10)16-19(17,18)13-12(14-2)5-4-8-15-13/h4-5,8,10-11,14,16H,3,6-7,9H2,1-2H3. The summed E-state index contributed by atoms with van der Waals surface area (Å²) in [6, 6.07) is 3.43. The summed E-state index contributed by atoms with van der Waals surface area (Å²) in [7, 11) is -1.86. The van der Waals surface area contributed by atoms with Crippen LogP contribution in [-0.2, 0) is 10.0 Å². The third-order valence-corrected chi connectivity index (χ3v) is 4.90. The smallest absolute Gasteiger partial charge is 0.260 e. The molecule has 1 aromatic heterocycles. The molecule has 0 saturated heterocycles. The molecule has 2 N–H and O–H groups in total. The number of pyridine rings is 1. The molecule has 6 heteroatoms. The Morgan fingerprint density at radius 1 is 1.47 bits per heavy atom. The monoisotopic (exact) mass is 283 g/mol. The number of nitrogens with one attached hydrogen (secondary N) is 2. The first kappa shape index (κ1) is 14.3. The highest BCUT2D eigenvalue weighted by atomic mass is 32.2. The second-order valence-corrected chi connectivity index (χ2v) is 6.64. The summed E-state index contributed by atoms with van der Waals surface area (Å²) in [6.07, 6.45) is 5.68. The van der Waals surface area contributed by atoms with E-state index in [0.29, 0.717) is 11.6 Å². The third-order valence-electron chi connectivity index (χ3n) is 3.42. The number of sulfonamides is 1. The summed E-state index contributed by atoms with van der Waals surface area (Å²) in [5.74, 6) is 0.695. The van der Waals surface area contributed by atoms with Crippen molar-refractivity contribution >= 4 is 15.7 Å². The third kappa shape index (κ3) is 3.67. The summed E-state index contributed by atoms with van der Waals surface area (Å²) >= 11 is 0. The van der Waals surface area contributed by atoms with Crippen LogP contribution in [-0.4, -0.2) is 26.5 Å². The lowest BCUT2D eigenvalue weighted by Crippen LogP contribution is -2.35. The zero-order valence-corrected chi connectivity index (χ0v) is 12.2. The molecule has 0 bridgehead atoms. The fraction of sp³-hybridized carbons (Fsp3) is 0.615. The number of hydrogen-bond donors (Lipinski definition) is 2. The van der Waals surface area contributed by atoms with Gasteiger partial charge in [0.25, 0.3) is 10.0 Å². The van der Waals surface area contributed by atoms with Gasteiger partial charge in [0.1, 0.15) is 0 Å². The predicted molar refractivity (Wildman–Crippen MR) is 75.5 cm³/mol. The first-order chi connectivity index (χ1) is 9.06. The molecule has 1 aromatic rings. The largest absolute Gasteiger partial charge is 0.386 e. The molecule has 106 valence electrons. The normalized spacial score (nSPS) is 17.2. The van der Waals surface area contributed by atoms with Crippen LogP contribution in [0.25, 0.3) is 0 Å². The molecule has 1 heterocycles.